The van der Waals surface area contributed by atoms with Crippen molar-refractivity contribution in [2.75, 3.05) is 0 Å². The maximum Gasteiger partial charge on any atom is 0.0512 e. The predicted octanol–water partition coefficient (Wildman–Crippen LogP) is 2.73. The number of unbranched alkanes of at least 4 members (excludes halogenated alkanes) is 5. The van der Waals surface area contributed by atoms with Crippen LogP contribution >= 0.6 is 0 Å². The molecule has 0 aromatic heterocycles. The third kappa shape index (κ3) is 9.52. The Morgan fingerprint density at radius 1 is 1.17 bits per heavy atom. The topological polar surface area (TPSA) is 20.2 Å². The summed E-state index contributed by atoms with van der Waals surface area (Å²) in [4.78, 5) is 0. The average molecular weight is 168 g/mol. The van der Waals surface area contributed by atoms with E-state index in [9.17, 15) is 0 Å². The second kappa shape index (κ2) is 8.62. The first-order chi connectivity index (χ1) is 5.77. The standard InChI is InChI=1S/C11H20O/c1-3-4-5-6-7-8-9-10-11(2)12/h1,11-12H,4-10H2,2H3/t11-/m0/s1. The maximum atomic E-state index is 8.97. The first kappa shape index (κ1) is 11.5. The van der Waals surface area contributed by atoms with Gasteiger partial charge in [-0.3, -0.25) is 0 Å². The van der Waals surface area contributed by atoms with Crippen LogP contribution in [-0.2, 0) is 0 Å². The highest BCUT2D eigenvalue weighted by atomic mass is 16.3. The summed E-state index contributed by atoms with van der Waals surface area (Å²) in [5.41, 5.74) is 0. The SMILES string of the molecule is C#CCCCCCCC[C@H](C)O. The Bertz CT molecular complexity index is 121. The van der Waals surface area contributed by atoms with Gasteiger partial charge >= 0.3 is 0 Å². The van der Waals surface area contributed by atoms with Gasteiger partial charge in [-0.05, 0) is 19.8 Å². The molecule has 0 radical (unpaired) electrons. The molecule has 12 heavy (non-hydrogen) atoms. The number of terminal acetylenes is 1. The normalized spacial score (nSPS) is 12.4. The molecule has 1 nitrogen and oxygen atoms in total. The molecule has 0 rings (SSSR count). The van der Waals surface area contributed by atoms with E-state index in [0.29, 0.717) is 0 Å². The van der Waals surface area contributed by atoms with Crippen LogP contribution in [0.1, 0.15) is 51.9 Å². The maximum absolute atomic E-state index is 8.97. The van der Waals surface area contributed by atoms with Crippen LogP contribution in [0.2, 0.25) is 0 Å². The Morgan fingerprint density at radius 3 is 2.33 bits per heavy atom. The van der Waals surface area contributed by atoms with Crippen molar-refractivity contribution in [1.82, 2.24) is 0 Å². The minimum atomic E-state index is -0.129. The second-order valence-electron chi connectivity index (χ2n) is 3.36. The van der Waals surface area contributed by atoms with Crippen LogP contribution in [0.15, 0.2) is 0 Å². The van der Waals surface area contributed by atoms with Crippen LogP contribution in [0.25, 0.3) is 0 Å². The summed E-state index contributed by atoms with van der Waals surface area (Å²) in [6.07, 6.45) is 12.9. The van der Waals surface area contributed by atoms with Crippen molar-refractivity contribution >= 4 is 0 Å². The highest BCUT2D eigenvalue weighted by Crippen LogP contribution is 2.07. The number of aliphatic hydroxyl groups excluding tert-OH is 1. The van der Waals surface area contributed by atoms with Crippen LogP contribution < -0.4 is 0 Å². The molecule has 0 aliphatic rings. The van der Waals surface area contributed by atoms with Gasteiger partial charge in [-0.15, -0.1) is 12.3 Å². The van der Waals surface area contributed by atoms with Crippen molar-refractivity contribution < 1.29 is 5.11 Å². The number of aliphatic hydroxyl groups is 1. The van der Waals surface area contributed by atoms with Gasteiger partial charge in [0.2, 0.25) is 0 Å². The minimum Gasteiger partial charge on any atom is -0.393 e. The molecule has 0 aromatic rings. The van der Waals surface area contributed by atoms with E-state index in [1.54, 1.807) is 0 Å². The Balaban J connectivity index is 2.87. The van der Waals surface area contributed by atoms with Crippen molar-refractivity contribution in [3.63, 3.8) is 0 Å². The van der Waals surface area contributed by atoms with E-state index in [4.69, 9.17) is 11.5 Å². The van der Waals surface area contributed by atoms with Gasteiger partial charge in [0.15, 0.2) is 0 Å². The average Bonchev–Trinajstić information content (AvgIpc) is 2.02. The monoisotopic (exact) mass is 168 g/mol. The van der Waals surface area contributed by atoms with Crippen molar-refractivity contribution in [3.8, 4) is 12.3 Å². The van der Waals surface area contributed by atoms with E-state index in [1.165, 1.54) is 19.3 Å². The molecule has 0 bridgehead atoms. The summed E-state index contributed by atoms with van der Waals surface area (Å²) in [5, 5.41) is 8.97. The number of rotatable bonds is 7. The van der Waals surface area contributed by atoms with Gasteiger partial charge in [0.25, 0.3) is 0 Å². The quantitative estimate of drug-likeness (QED) is 0.458. The van der Waals surface area contributed by atoms with Gasteiger partial charge in [0.05, 0.1) is 6.10 Å². The molecule has 1 atom stereocenters. The van der Waals surface area contributed by atoms with E-state index < -0.39 is 0 Å². The summed E-state index contributed by atoms with van der Waals surface area (Å²) in [5.74, 6) is 2.64. The smallest absolute Gasteiger partial charge is 0.0512 e. The lowest BCUT2D eigenvalue weighted by Gasteiger charge is -2.02. The molecule has 0 amide bonds. The fourth-order valence-corrected chi connectivity index (χ4v) is 1.20. The highest BCUT2D eigenvalue weighted by molar-refractivity contribution is 4.82. The molecule has 1 heteroatoms. The van der Waals surface area contributed by atoms with Gasteiger partial charge in [-0.2, -0.15) is 0 Å². The first-order valence-electron chi connectivity index (χ1n) is 4.89. The van der Waals surface area contributed by atoms with Crippen molar-refractivity contribution in [1.29, 1.82) is 0 Å². The fourth-order valence-electron chi connectivity index (χ4n) is 1.20. The van der Waals surface area contributed by atoms with E-state index in [2.05, 4.69) is 5.92 Å². The first-order valence-corrected chi connectivity index (χ1v) is 4.89. The molecule has 0 unspecified atom stereocenters. The van der Waals surface area contributed by atoms with Crippen molar-refractivity contribution in [2.45, 2.75) is 58.0 Å². The van der Waals surface area contributed by atoms with Gasteiger partial charge in [0.1, 0.15) is 0 Å². The molecule has 0 saturated carbocycles. The zero-order valence-electron chi connectivity index (χ0n) is 8.05. The third-order valence-corrected chi connectivity index (χ3v) is 1.94. The lowest BCUT2D eigenvalue weighted by molar-refractivity contribution is 0.180. The molecule has 0 aromatic carbocycles. The van der Waals surface area contributed by atoms with Crippen LogP contribution in [0.5, 0.6) is 0 Å². The highest BCUT2D eigenvalue weighted by Gasteiger charge is 1.94. The zero-order valence-corrected chi connectivity index (χ0v) is 8.05. The molecule has 70 valence electrons. The fraction of sp³-hybridized carbons (Fsp3) is 0.818. The minimum absolute atomic E-state index is 0.129. The number of hydrogen-bond donors (Lipinski definition) is 1. The second-order valence-corrected chi connectivity index (χ2v) is 3.36. The molecule has 0 heterocycles. The van der Waals surface area contributed by atoms with Gasteiger partial charge in [-0.1, -0.05) is 25.7 Å². The lowest BCUT2D eigenvalue weighted by atomic mass is 10.1. The summed E-state index contributed by atoms with van der Waals surface area (Å²) < 4.78 is 0. The molecular weight excluding hydrogens is 148 g/mol. The molecule has 1 N–H and O–H groups in total. The van der Waals surface area contributed by atoms with E-state index in [1.807, 2.05) is 6.92 Å². The molecule has 0 saturated heterocycles. The lowest BCUT2D eigenvalue weighted by Crippen LogP contribution is -1.98. The van der Waals surface area contributed by atoms with Crippen LogP contribution in [0.4, 0.5) is 0 Å². The predicted molar refractivity (Wildman–Crippen MR) is 52.8 cm³/mol. The van der Waals surface area contributed by atoms with E-state index in [-0.39, 0.29) is 6.10 Å². The van der Waals surface area contributed by atoms with Gasteiger partial charge in [-0.25, -0.2) is 0 Å². The molecule has 0 spiro atoms. The zero-order chi connectivity index (χ0) is 9.23. The summed E-state index contributed by atoms with van der Waals surface area (Å²) in [6.45, 7) is 1.85. The summed E-state index contributed by atoms with van der Waals surface area (Å²) in [7, 11) is 0. The Morgan fingerprint density at radius 2 is 1.75 bits per heavy atom. The van der Waals surface area contributed by atoms with Gasteiger partial charge in [0, 0.05) is 6.42 Å². The van der Waals surface area contributed by atoms with Gasteiger partial charge < -0.3 is 5.11 Å². The Hall–Kier alpha value is -0.480. The van der Waals surface area contributed by atoms with Crippen LogP contribution in [0, 0.1) is 12.3 Å². The van der Waals surface area contributed by atoms with E-state index >= 15 is 0 Å². The van der Waals surface area contributed by atoms with E-state index in [0.717, 1.165) is 25.7 Å². The largest absolute Gasteiger partial charge is 0.393 e. The molecule has 0 fully saturated rings. The van der Waals surface area contributed by atoms with Crippen LogP contribution in [-0.4, -0.2) is 11.2 Å². The summed E-state index contributed by atoms with van der Waals surface area (Å²) >= 11 is 0. The summed E-state index contributed by atoms with van der Waals surface area (Å²) in [6, 6.07) is 0. The van der Waals surface area contributed by atoms with Crippen molar-refractivity contribution in [2.24, 2.45) is 0 Å². The Labute approximate surface area is 76.2 Å². The molecule has 0 aliphatic carbocycles. The van der Waals surface area contributed by atoms with Crippen molar-refractivity contribution in [3.05, 3.63) is 0 Å². The molecular formula is C11H20O. The van der Waals surface area contributed by atoms with Crippen LogP contribution in [0.3, 0.4) is 0 Å². The Kier molecular flexibility index (Phi) is 8.27. The number of hydrogen-bond acceptors (Lipinski definition) is 1. The third-order valence-electron chi connectivity index (χ3n) is 1.94. The molecule has 0 aliphatic heterocycles.